The molecule has 0 radical (unpaired) electrons. The first-order chi connectivity index (χ1) is 12.7. The molecule has 1 fully saturated rings. The topological polar surface area (TPSA) is 64.0 Å². The van der Waals surface area contributed by atoms with Gasteiger partial charge in [-0.25, -0.2) is 9.79 Å². The Hall–Kier alpha value is -2.89. The van der Waals surface area contributed by atoms with Crippen molar-refractivity contribution in [3.8, 4) is 5.75 Å². The third-order valence-electron chi connectivity index (χ3n) is 4.27. The summed E-state index contributed by atoms with van der Waals surface area (Å²) in [6, 6.07) is 9.69. The van der Waals surface area contributed by atoms with Crippen LogP contribution in [0.4, 0.5) is 5.69 Å². The third kappa shape index (κ3) is 4.20. The summed E-state index contributed by atoms with van der Waals surface area (Å²) >= 11 is 0. The van der Waals surface area contributed by atoms with Crippen molar-refractivity contribution in [1.82, 2.24) is 9.88 Å². The van der Waals surface area contributed by atoms with Crippen LogP contribution in [0.2, 0.25) is 0 Å². The number of benzene rings is 1. The number of hydrogen-bond donors (Lipinski definition) is 0. The number of rotatable bonds is 6. The molecule has 1 aliphatic rings. The van der Waals surface area contributed by atoms with Crippen LogP contribution < -0.4 is 4.74 Å². The number of likely N-dealkylation sites (tertiary alicyclic amines) is 1. The summed E-state index contributed by atoms with van der Waals surface area (Å²) in [7, 11) is 1.66. The molecule has 136 valence electrons. The van der Waals surface area contributed by atoms with Crippen molar-refractivity contribution in [2.24, 2.45) is 4.99 Å². The molecule has 1 aromatic carbocycles. The van der Waals surface area contributed by atoms with Crippen LogP contribution in [0, 0.1) is 0 Å². The Balaban J connectivity index is 1.80. The van der Waals surface area contributed by atoms with Gasteiger partial charge in [0.25, 0.3) is 0 Å². The van der Waals surface area contributed by atoms with E-state index in [0.29, 0.717) is 17.9 Å². The first-order valence-electron chi connectivity index (χ1n) is 8.78. The lowest BCUT2D eigenvalue weighted by Gasteiger charge is -2.19. The number of methoxy groups -OCH3 is 1. The smallest absolute Gasteiger partial charge is 0.340 e. The van der Waals surface area contributed by atoms with E-state index in [2.05, 4.69) is 22.0 Å². The second-order valence-electron chi connectivity index (χ2n) is 6.01. The summed E-state index contributed by atoms with van der Waals surface area (Å²) in [5.41, 5.74) is 2.20. The van der Waals surface area contributed by atoms with Crippen LogP contribution >= 0.6 is 0 Å². The van der Waals surface area contributed by atoms with Crippen molar-refractivity contribution in [2.75, 3.05) is 20.3 Å². The van der Waals surface area contributed by atoms with Crippen LogP contribution in [0.1, 0.15) is 35.7 Å². The average molecular weight is 353 g/mol. The highest BCUT2D eigenvalue weighted by atomic mass is 16.5. The summed E-state index contributed by atoms with van der Waals surface area (Å²) in [6.45, 7) is 3.84. The van der Waals surface area contributed by atoms with Crippen molar-refractivity contribution in [3.63, 3.8) is 0 Å². The quantitative estimate of drug-likeness (QED) is 0.743. The van der Waals surface area contributed by atoms with Gasteiger partial charge in [-0.3, -0.25) is 4.98 Å². The monoisotopic (exact) mass is 353 g/mol. The normalized spacial score (nSPS) is 15.3. The fourth-order valence-electron chi connectivity index (χ4n) is 2.96. The van der Waals surface area contributed by atoms with E-state index in [9.17, 15) is 4.79 Å². The van der Waals surface area contributed by atoms with Crippen molar-refractivity contribution in [2.45, 2.75) is 26.3 Å². The number of aliphatic imine (C=N–C) groups is 1. The Morgan fingerprint density at radius 2 is 2.08 bits per heavy atom. The van der Waals surface area contributed by atoms with Crippen molar-refractivity contribution < 1.29 is 14.3 Å². The predicted molar refractivity (Wildman–Crippen MR) is 99.9 cm³/mol. The number of esters is 1. The molecule has 6 heteroatoms. The molecule has 0 unspecified atom stereocenters. The Bertz CT molecular complexity index is 787. The van der Waals surface area contributed by atoms with Gasteiger partial charge in [-0.2, -0.15) is 0 Å². The van der Waals surface area contributed by atoms with Crippen molar-refractivity contribution >= 4 is 17.5 Å². The summed E-state index contributed by atoms with van der Waals surface area (Å²) in [5, 5.41) is 0. The van der Waals surface area contributed by atoms with Gasteiger partial charge in [-0.15, -0.1) is 0 Å². The fourth-order valence-corrected chi connectivity index (χ4v) is 2.96. The standard InChI is InChI=1S/C20H23N3O3/c1-3-26-20(24)17-10-11-21-13-18(17)22-19-5-4-12-23(19)14-15-6-8-16(25-2)9-7-15/h6-11,13H,3-5,12,14H2,1-2H3/b22-19+. The van der Waals surface area contributed by atoms with E-state index in [1.54, 1.807) is 32.5 Å². The van der Waals surface area contributed by atoms with Crippen LogP contribution in [-0.4, -0.2) is 42.0 Å². The van der Waals surface area contributed by atoms with E-state index in [0.717, 1.165) is 37.5 Å². The molecule has 0 aliphatic carbocycles. The molecule has 0 spiro atoms. The predicted octanol–water partition coefficient (Wildman–Crippen LogP) is 3.59. The molecular formula is C20H23N3O3. The van der Waals surface area contributed by atoms with E-state index < -0.39 is 0 Å². The molecule has 1 saturated heterocycles. The molecule has 6 nitrogen and oxygen atoms in total. The van der Waals surface area contributed by atoms with Crippen LogP contribution in [-0.2, 0) is 11.3 Å². The fraction of sp³-hybridized carbons (Fsp3) is 0.350. The molecule has 1 aliphatic heterocycles. The minimum atomic E-state index is -0.367. The molecule has 26 heavy (non-hydrogen) atoms. The molecule has 2 heterocycles. The lowest BCUT2D eigenvalue weighted by atomic mass is 10.2. The number of nitrogens with zero attached hydrogens (tertiary/aromatic N) is 3. The highest BCUT2D eigenvalue weighted by Crippen LogP contribution is 2.24. The summed E-state index contributed by atoms with van der Waals surface area (Å²) in [4.78, 5) is 23.2. The third-order valence-corrected chi connectivity index (χ3v) is 4.27. The Morgan fingerprint density at radius 3 is 2.81 bits per heavy atom. The molecule has 0 bridgehead atoms. The molecule has 0 saturated carbocycles. The number of ether oxygens (including phenoxy) is 2. The maximum Gasteiger partial charge on any atom is 0.340 e. The zero-order valence-electron chi connectivity index (χ0n) is 15.1. The number of amidine groups is 1. The van der Waals surface area contributed by atoms with Crippen LogP contribution in [0.15, 0.2) is 47.7 Å². The lowest BCUT2D eigenvalue weighted by Crippen LogP contribution is -2.24. The molecule has 0 N–H and O–H groups in total. The van der Waals surface area contributed by atoms with Gasteiger partial charge < -0.3 is 14.4 Å². The molecule has 2 aromatic rings. The summed E-state index contributed by atoms with van der Waals surface area (Å²) in [5.74, 6) is 1.45. The van der Waals surface area contributed by atoms with Crippen LogP contribution in [0.25, 0.3) is 0 Å². The average Bonchev–Trinajstić information content (AvgIpc) is 3.09. The maximum absolute atomic E-state index is 12.1. The summed E-state index contributed by atoms with van der Waals surface area (Å²) in [6.07, 6.45) is 5.13. The lowest BCUT2D eigenvalue weighted by molar-refractivity contribution is 0.0527. The first kappa shape index (κ1) is 17.9. The van der Waals surface area contributed by atoms with Gasteiger partial charge in [-0.1, -0.05) is 12.1 Å². The van der Waals surface area contributed by atoms with E-state index >= 15 is 0 Å². The summed E-state index contributed by atoms with van der Waals surface area (Å²) < 4.78 is 10.3. The molecule has 0 amide bonds. The van der Waals surface area contributed by atoms with Gasteiger partial charge in [0, 0.05) is 25.7 Å². The van der Waals surface area contributed by atoms with E-state index in [1.807, 2.05) is 12.1 Å². The Labute approximate surface area is 153 Å². The van der Waals surface area contributed by atoms with E-state index in [1.165, 1.54) is 5.56 Å². The number of carbonyl (C=O) groups excluding carboxylic acids is 1. The molecule has 0 atom stereocenters. The van der Waals surface area contributed by atoms with Gasteiger partial charge in [0.15, 0.2) is 0 Å². The maximum atomic E-state index is 12.1. The first-order valence-corrected chi connectivity index (χ1v) is 8.78. The zero-order chi connectivity index (χ0) is 18.4. The van der Waals surface area contributed by atoms with Gasteiger partial charge in [-0.05, 0) is 37.1 Å². The van der Waals surface area contributed by atoms with Crippen LogP contribution in [0.5, 0.6) is 5.75 Å². The highest BCUT2D eigenvalue weighted by Gasteiger charge is 2.20. The largest absolute Gasteiger partial charge is 0.497 e. The second kappa shape index (κ2) is 8.47. The Kier molecular flexibility index (Phi) is 5.84. The number of hydrogen-bond acceptors (Lipinski definition) is 5. The van der Waals surface area contributed by atoms with E-state index in [4.69, 9.17) is 14.5 Å². The van der Waals surface area contributed by atoms with E-state index in [-0.39, 0.29) is 5.97 Å². The Morgan fingerprint density at radius 1 is 1.27 bits per heavy atom. The minimum Gasteiger partial charge on any atom is -0.497 e. The van der Waals surface area contributed by atoms with Gasteiger partial charge in [0.1, 0.15) is 11.6 Å². The number of carbonyl (C=O) groups is 1. The van der Waals surface area contributed by atoms with Crippen molar-refractivity contribution in [3.05, 3.63) is 53.9 Å². The molecule has 1 aromatic heterocycles. The molecule has 3 rings (SSSR count). The van der Waals surface area contributed by atoms with Gasteiger partial charge >= 0.3 is 5.97 Å². The molecular weight excluding hydrogens is 330 g/mol. The van der Waals surface area contributed by atoms with Gasteiger partial charge in [0.2, 0.25) is 0 Å². The van der Waals surface area contributed by atoms with Crippen molar-refractivity contribution in [1.29, 1.82) is 0 Å². The SMILES string of the molecule is CCOC(=O)c1ccncc1/N=C1\CCCN1Cc1ccc(OC)cc1. The zero-order valence-corrected chi connectivity index (χ0v) is 15.1. The minimum absolute atomic E-state index is 0.334. The highest BCUT2D eigenvalue weighted by molar-refractivity contribution is 5.96. The van der Waals surface area contributed by atoms with Crippen LogP contribution in [0.3, 0.4) is 0 Å². The number of aromatic nitrogens is 1. The second-order valence-corrected chi connectivity index (χ2v) is 6.01. The number of pyridine rings is 1. The van der Waals surface area contributed by atoms with Gasteiger partial charge in [0.05, 0.1) is 31.2 Å².